The molecule has 18 heavy (non-hydrogen) atoms. The largest absolute Gasteiger partial charge is 0.343 e. The summed E-state index contributed by atoms with van der Waals surface area (Å²) in [7, 11) is 0. The monoisotopic (exact) mass is 254 g/mol. The van der Waals surface area contributed by atoms with Gasteiger partial charge in [0.25, 0.3) is 0 Å². The molecule has 106 valence electrons. The second-order valence-corrected chi connectivity index (χ2v) is 6.44. The van der Waals surface area contributed by atoms with Gasteiger partial charge in [0.2, 0.25) is 5.91 Å². The molecule has 0 saturated carbocycles. The molecule has 0 radical (unpaired) electrons. The molecule has 1 saturated heterocycles. The molecule has 2 N–H and O–H groups in total. The lowest BCUT2D eigenvalue weighted by atomic mass is 9.84. The first kappa shape index (κ1) is 15.5. The van der Waals surface area contributed by atoms with Gasteiger partial charge in [0.1, 0.15) is 0 Å². The molecule has 0 aliphatic carbocycles. The predicted molar refractivity (Wildman–Crippen MR) is 76.3 cm³/mol. The van der Waals surface area contributed by atoms with E-state index in [1.807, 2.05) is 0 Å². The average molecular weight is 254 g/mol. The topological polar surface area (TPSA) is 46.3 Å². The van der Waals surface area contributed by atoms with Gasteiger partial charge in [0.05, 0.1) is 0 Å². The van der Waals surface area contributed by atoms with Crippen molar-refractivity contribution in [2.75, 3.05) is 19.6 Å². The van der Waals surface area contributed by atoms with Crippen LogP contribution >= 0.6 is 0 Å². The molecule has 1 rings (SSSR count). The van der Waals surface area contributed by atoms with Crippen LogP contribution < -0.4 is 5.73 Å². The molecule has 3 nitrogen and oxygen atoms in total. The van der Waals surface area contributed by atoms with E-state index in [1.165, 1.54) is 19.3 Å². The van der Waals surface area contributed by atoms with Gasteiger partial charge in [-0.3, -0.25) is 4.79 Å². The minimum absolute atomic E-state index is 0.201. The Morgan fingerprint density at radius 2 is 1.89 bits per heavy atom. The lowest BCUT2D eigenvalue weighted by molar-refractivity contribution is -0.133. The third-order valence-electron chi connectivity index (χ3n) is 4.38. The lowest BCUT2D eigenvalue weighted by Crippen LogP contribution is -2.38. The van der Waals surface area contributed by atoms with E-state index >= 15 is 0 Å². The maximum atomic E-state index is 12.1. The number of nitrogens with two attached hydrogens (primary N) is 1. The van der Waals surface area contributed by atoms with Gasteiger partial charge in [-0.1, -0.05) is 27.2 Å². The fourth-order valence-electron chi connectivity index (χ4n) is 2.71. The minimum Gasteiger partial charge on any atom is -0.343 e. The smallest absolute Gasteiger partial charge is 0.222 e. The van der Waals surface area contributed by atoms with Crippen molar-refractivity contribution in [3.05, 3.63) is 0 Å². The van der Waals surface area contributed by atoms with Gasteiger partial charge in [-0.15, -0.1) is 0 Å². The Morgan fingerprint density at radius 3 is 2.39 bits per heavy atom. The van der Waals surface area contributed by atoms with Gasteiger partial charge < -0.3 is 10.6 Å². The number of piperidine rings is 1. The molecule has 1 fully saturated rings. The number of likely N-dealkylation sites (tertiary alicyclic amines) is 1. The predicted octanol–water partition coefficient (Wildman–Crippen LogP) is 2.79. The zero-order valence-corrected chi connectivity index (χ0v) is 12.4. The molecule has 0 aromatic rings. The Morgan fingerprint density at radius 1 is 1.28 bits per heavy atom. The van der Waals surface area contributed by atoms with Crippen molar-refractivity contribution >= 4 is 5.91 Å². The van der Waals surface area contributed by atoms with E-state index in [0.717, 1.165) is 31.8 Å². The van der Waals surface area contributed by atoms with Gasteiger partial charge >= 0.3 is 0 Å². The molecule has 1 aliphatic rings. The van der Waals surface area contributed by atoms with Gasteiger partial charge in [-0.2, -0.15) is 0 Å². The van der Waals surface area contributed by atoms with E-state index in [2.05, 4.69) is 25.7 Å². The first-order valence-electron chi connectivity index (χ1n) is 7.46. The zero-order valence-electron chi connectivity index (χ0n) is 12.4. The lowest BCUT2D eigenvalue weighted by Gasteiger charge is -2.32. The summed E-state index contributed by atoms with van der Waals surface area (Å²) in [6, 6.07) is 0. The number of hydrogen-bond acceptors (Lipinski definition) is 2. The van der Waals surface area contributed by atoms with Crippen molar-refractivity contribution in [3.8, 4) is 0 Å². The Bertz CT molecular complexity index is 255. The standard InChI is InChI=1S/C15H30N2O/c1-4-13-6-11-17(12-7-13)14(18)5-8-15(2,3)9-10-16/h13H,4-12,16H2,1-3H3. The Hall–Kier alpha value is -0.570. The maximum Gasteiger partial charge on any atom is 0.222 e. The molecular weight excluding hydrogens is 224 g/mol. The van der Waals surface area contributed by atoms with Gasteiger partial charge in [0.15, 0.2) is 0 Å². The summed E-state index contributed by atoms with van der Waals surface area (Å²) in [5.41, 5.74) is 5.80. The number of nitrogens with zero attached hydrogens (tertiary/aromatic N) is 1. The molecule has 1 aliphatic heterocycles. The van der Waals surface area contributed by atoms with Crippen LogP contribution in [0.3, 0.4) is 0 Å². The molecule has 0 aromatic carbocycles. The summed E-state index contributed by atoms with van der Waals surface area (Å²) in [5.74, 6) is 1.18. The quantitative estimate of drug-likeness (QED) is 0.792. The highest BCUT2D eigenvalue weighted by atomic mass is 16.2. The summed E-state index contributed by atoms with van der Waals surface area (Å²) in [6.45, 7) is 9.30. The third-order valence-corrected chi connectivity index (χ3v) is 4.38. The maximum absolute atomic E-state index is 12.1. The number of carbonyl (C=O) groups excluding carboxylic acids is 1. The van der Waals surface area contributed by atoms with Crippen molar-refractivity contribution in [2.45, 2.75) is 59.3 Å². The number of carbonyl (C=O) groups is 1. The second kappa shape index (κ2) is 7.13. The Balaban J connectivity index is 2.29. The van der Waals surface area contributed by atoms with Crippen molar-refractivity contribution in [1.82, 2.24) is 4.90 Å². The van der Waals surface area contributed by atoms with E-state index in [4.69, 9.17) is 5.73 Å². The number of hydrogen-bond donors (Lipinski definition) is 1. The van der Waals surface area contributed by atoms with Crippen molar-refractivity contribution in [1.29, 1.82) is 0 Å². The SMILES string of the molecule is CCC1CCN(C(=O)CCC(C)(C)CCN)CC1. The molecule has 3 heteroatoms. The van der Waals surface area contributed by atoms with E-state index in [9.17, 15) is 4.79 Å². The number of amides is 1. The molecule has 0 unspecified atom stereocenters. The molecule has 1 heterocycles. The zero-order chi connectivity index (χ0) is 13.6. The third kappa shape index (κ3) is 4.97. The van der Waals surface area contributed by atoms with Crippen LogP contribution in [0.1, 0.15) is 59.3 Å². The van der Waals surface area contributed by atoms with E-state index in [1.54, 1.807) is 0 Å². The van der Waals surface area contributed by atoms with Crippen LogP contribution in [-0.2, 0) is 4.79 Å². The highest BCUT2D eigenvalue weighted by Crippen LogP contribution is 2.27. The van der Waals surface area contributed by atoms with Crippen molar-refractivity contribution < 1.29 is 4.79 Å². The van der Waals surface area contributed by atoms with Crippen LogP contribution in [0.15, 0.2) is 0 Å². The fourth-order valence-corrected chi connectivity index (χ4v) is 2.71. The van der Waals surface area contributed by atoms with E-state index in [-0.39, 0.29) is 5.41 Å². The minimum atomic E-state index is 0.201. The van der Waals surface area contributed by atoms with Crippen LogP contribution in [0.5, 0.6) is 0 Å². The van der Waals surface area contributed by atoms with Crippen LogP contribution in [0.2, 0.25) is 0 Å². The summed E-state index contributed by atoms with van der Waals surface area (Å²) in [4.78, 5) is 14.2. The molecule has 1 amide bonds. The molecule has 0 aromatic heterocycles. The van der Waals surface area contributed by atoms with Crippen molar-refractivity contribution in [2.24, 2.45) is 17.1 Å². The van der Waals surface area contributed by atoms with Crippen LogP contribution in [0.25, 0.3) is 0 Å². The van der Waals surface area contributed by atoms with E-state index < -0.39 is 0 Å². The molecule has 0 bridgehead atoms. The van der Waals surface area contributed by atoms with Crippen LogP contribution in [0.4, 0.5) is 0 Å². The number of rotatable bonds is 6. The Kier molecular flexibility index (Phi) is 6.13. The van der Waals surface area contributed by atoms with Gasteiger partial charge in [-0.05, 0) is 43.6 Å². The van der Waals surface area contributed by atoms with Gasteiger partial charge in [0, 0.05) is 19.5 Å². The molecular formula is C15H30N2O. The average Bonchev–Trinajstić information content (AvgIpc) is 2.36. The van der Waals surface area contributed by atoms with Crippen LogP contribution in [0, 0.1) is 11.3 Å². The highest BCUT2D eigenvalue weighted by molar-refractivity contribution is 5.76. The van der Waals surface area contributed by atoms with Crippen LogP contribution in [-0.4, -0.2) is 30.4 Å². The second-order valence-electron chi connectivity index (χ2n) is 6.44. The molecule has 0 atom stereocenters. The normalized spacial score (nSPS) is 18.1. The fraction of sp³-hybridized carbons (Fsp3) is 0.933. The van der Waals surface area contributed by atoms with Gasteiger partial charge in [-0.25, -0.2) is 0 Å². The summed E-state index contributed by atoms with van der Waals surface area (Å²) < 4.78 is 0. The molecule has 0 spiro atoms. The first-order valence-corrected chi connectivity index (χ1v) is 7.46. The highest BCUT2D eigenvalue weighted by Gasteiger charge is 2.24. The summed E-state index contributed by atoms with van der Waals surface area (Å²) >= 11 is 0. The summed E-state index contributed by atoms with van der Waals surface area (Å²) in [5, 5.41) is 0. The van der Waals surface area contributed by atoms with Crippen molar-refractivity contribution in [3.63, 3.8) is 0 Å². The Labute approximate surface area is 112 Å². The summed E-state index contributed by atoms with van der Waals surface area (Å²) in [6.07, 6.45) is 6.27. The first-order chi connectivity index (χ1) is 8.48. The van der Waals surface area contributed by atoms with E-state index in [0.29, 0.717) is 18.9 Å².